The van der Waals surface area contributed by atoms with Crippen molar-refractivity contribution >= 4 is 35.0 Å². The van der Waals surface area contributed by atoms with Crippen LogP contribution in [0.1, 0.15) is 11.1 Å². The van der Waals surface area contributed by atoms with Gasteiger partial charge in [0, 0.05) is 24.7 Å². The fraction of sp³-hybridized carbons (Fsp3) is 0.158. The molecule has 1 saturated heterocycles. The van der Waals surface area contributed by atoms with E-state index in [0.29, 0.717) is 27.7 Å². The molecule has 10 heteroatoms. The molecule has 150 valence electrons. The first-order valence-electron chi connectivity index (χ1n) is 8.34. The number of carbonyl (C=O) groups excluding carboxylic acids is 1. The highest BCUT2D eigenvalue weighted by molar-refractivity contribution is 7.80. The minimum atomic E-state index is -0.651. The predicted octanol–water partition coefficient (Wildman–Crippen LogP) is 3.01. The molecule has 0 radical (unpaired) electrons. The molecule has 1 fully saturated rings. The van der Waals surface area contributed by atoms with Gasteiger partial charge in [-0.2, -0.15) is 0 Å². The van der Waals surface area contributed by atoms with E-state index < -0.39 is 10.7 Å². The summed E-state index contributed by atoms with van der Waals surface area (Å²) < 4.78 is 24.3. The Balaban J connectivity index is 1.88. The number of likely N-dealkylation sites (N-methyl/N-ethyl adjacent to an activating group) is 1. The summed E-state index contributed by atoms with van der Waals surface area (Å²) in [6, 6.07) is 8.09. The van der Waals surface area contributed by atoms with Crippen molar-refractivity contribution in [1.82, 2.24) is 10.2 Å². The zero-order valence-corrected chi connectivity index (χ0v) is 16.3. The van der Waals surface area contributed by atoms with E-state index in [0.717, 1.165) is 18.2 Å². The Morgan fingerprint density at radius 3 is 2.66 bits per heavy atom. The third-order valence-corrected chi connectivity index (χ3v) is 4.57. The van der Waals surface area contributed by atoms with Gasteiger partial charge in [-0.15, -0.1) is 0 Å². The molecule has 3 rings (SSSR count). The van der Waals surface area contributed by atoms with Gasteiger partial charge >= 0.3 is 5.69 Å². The fourth-order valence-electron chi connectivity index (χ4n) is 2.70. The first-order valence-corrected chi connectivity index (χ1v) is 8.75. The van der Waals surface area contributed by atoms with Crippen molar-refractivity contribution < 1.29 is 23.6 Å². The van der Waals surface area contributed by atoms with E-state index in [1.54, 1.807) is 31.3 Å². The van der Waals surface area contributed by atoms with Crippen molar-refractivity contribution in [1.29, 1.82) is 0 Å². The van der Waals surface area contributed by atoms with Crippen LogP contribution < -0.4 is 14.8 Å². The maximum atomic E-state index is 13.5. The summed E-state index contributed by atoms with van der Waals surface area (Å²) in [5, 5.41) is 14.2. The molecular formula is C19H16FN3O5S. The van der Waals surface area contributed by atoms with Crippen LogP contribution in [0, 0.1) is 15.9 Å². The van der Waals surface area contributed by atoms with E-state index in [-0.39, 0.29) is 24.0 Å². The fourth-order valence-corrected chi connectivity index (χ4v) is 2.89. The molecule has 0 aromatic heterocycles. The zero-order valence-electron chi connectivity index (χ0n) is 15.5. The standard InChI is InChI=1S/C19H16FN3O5S/c1-22-18(24)14(21-19(22)29)8-11-3-6-16(27-2)12(7-11)10-28-17-9-13(20)4-5-15(17)23(25)26/h3-9H,10H2,1-2H3,(H,21,29)/b14-8+. The molecule has 0 spiro atoms. The lowest BCUT2D eigenvalue weighted by atomic mass is 10.1. The number of thiocarbonyl (C=S) groups is 1. The van der Waals surface area contributed by atoms with E-state index in [2.05, 4.69) is 5.32 Å². The van der Waals surface area contributed by atoms with Crippen LogP contribution in [-0.2, 0) is 11.4 Å². The van der Waals surface area contributed by atoms with Gasteiger partial charge in [-0.3, -0.25) is 19.8 Å². The number of ether oxygens (including phenoxy) is 2. The molecular weight excluding hydrogens is 401 g/mol. The Hall–Kier alpha value is -3.53. The minimum Gasteiger partial charge on any atom is -0.496 e. The molecule has 1 heterocycles. The van der Waals surface area contributed by atoms with E-state index in [1.807, 2.05) is 0 Å². The SMILES string of the molecule is COc1ccc(/C=C2/NC(=S)N(C)C2=O)cc1COc1cc(F)ccc1[N+](=O)[O-]. The lowest BCUT2D eigenvalue weighted by Gasteiger charge is -2.12. The first kappa shape index (κ1) is 20.2. The topological polar surface area (TPSA) is 93.9 Å². The van der Waals surface area contributed by atoms with Crippen LogP contribution in [0.15, 0.2) is 42.1 Å². The molecule has 8 nitrogen and oxygen atoms in total. The van der Waals surface area contributed by atoms with Crippen molar-refractivity contribution in [2.45, 2.75) is 6.61 Å². The molecule has 1 aliphatic rings. The molecule has 0 aliphatic carbocycles. The average Bonchev–Trinajstić information content (AvgIpc) is 2.93. The number of benzene rings is 2. The summed E-state index contributed by atoms with van der Waals surface area (Å²) in [5.74, 6) is -0.633. The van der Waals surface area contributed by atoms with Gasteiger partial charge < -0.3 is 14.8 Å². The quantitative estimate of drug-likeness (QED) is 0.334. The largest absolute Gasteiger partial charge is 0.496 e. The number of rotatable bonds is 6. The van der Waals surface area contributed by atoms with Gasteiger partial charge in [-0.1, -0.05) is 6.07 Å². The van der Waals surface area contributed by atoms with Gasteiger partial charge in [0.1, 0.15) is 23.9 Å². The van der Waals surface area contributed by atoms with E-state index in [1.165, 1.54) is 12.0 Å². The Bertz CT molecular complexity index is 1040. The third-order valence-electron chi connectivity index (χ3n) is 4.20. The smallest absolute Gasteiger partial charge is 0.311 e. The van der Waals surface area contributed by atoms with E-state index >= 15 is 0 Å². The van der Waals surface area contributed by atoms with Crippen LogP contribution in [-0.4, -0.2) is 35.0 Å². The third kappa shape index (κ3) is 4.32. The van der Waals surface area contributed by atoms with Gasteiger partial charge in [-0.05, 0) is 42.1 Å². The molecule has 0 saturated carbocycles. The molecule has 1 N–H and O–H groups in total. The number of hydrogen-bond donors (Lipinski definition) is 1. The highest BCUT2D eigenvalue weighted by Gasteiger charge is 2.27. The number of halogens is 1. The van der Waals surface area contributed by atoms with Crippen LogP contribution in [0.2, 0.25) is 0 Å². The second kappa shape index (κ2) is 8.23. The van der Waals surface area contributed by atoms with Gasteiger partial charge in [0.15, 0.2) is 10.9 Å². The zero-order chi connectivity index (χ0) is 21.1. The molecule has 2 aromatic rings. The number of hydrogen-bond acceptors (Lipinski definition) is 6. The summed E-state index contributed by atoms with van der Waals surface area (Å²) in [5.41, 5.74) is 1.19. The average molecular weight is 417 g/mol. The van der Waals surface area contributed by atoms with Crippen LogP contribution in [0.25, 0.3) is 6.08 Å². The minimum absolute atomic E-state index is 0.107. The first-order chi connectivity index (χ1) is 13.8. The Kier molecular flexibility index (Phi) is 5.74. The van der Waals surface area contributed by atoms with Crippen LogP contribution in [0.3, 0.4) is 0 Å². The molecule has 1 amide bonds. The summed E-state index contributed by atoms with van der Waals surface area (Å²) >= 11 is 5.04. The number of methoxy groups -OCH3 is 1. The number of nitro benzene ring substituents is 1. The van der Waals surface area contributed by atoms with Crippen LogP contribution in [0.5, 0.6) is 11.5 Å². The normalized spacial score (nSPS) is 14.9. The lowest BCUT2D eigenvalue weighted by Crippen LogP contribution is -2.25. The highest BCUT2D eigenvalue weighted by Crippen LogP contribution is 2.30. The Labute approximate surface area is 170 Å². The summed E-state index contributed by atoms with van der Waals surface area (Å²) in [7, 11) is 3.04. The Morgan fingerprint density at radius 2 is 2.03 bits per heavy atom. The van der Waals surface area contributed by atoms with Gasteiger partial charge in [-0.25, -0.2) is 4.39 Å². The summed E-state index contributed by atoms with van der Waals surface area (Å²) in [6.07, 6.45) is 1.62. The number of nitro groups is 1. The van der Waals surface area contributed by atoms with Crippen molar-refractivity contribution in [3.05, 3.63) is 69.2 Å². The lowest BCUT2D eigenvalue weighted by molar-refractivity contribution is -0.386. The highest BCUT2D eigenvalue weighted by atomic mass is 32.1. The summed E-state index contributed by atoms with van der Waals surface area (Å²) in [4.78, 5) is 23.9. The predicted molar refractivity (Wildman–Crippen MR) is 107 cm³/mol. The number of amides is 1. The molecule has 29 heavy (non-hydrogen) atoms. The summed E-state index contributed by atoms with van der Waals surface area (Å²) in [6.45, 7) is -0.107. The van der Waals surface area contributed by atoms with Gasteiger partial charge in [0.05, 0.1) is 12.0 Å². The molecule has 0 atom stereocenters. The molecule has 0 unspecified atom stereocenters. The maximum Gasteiger partial charge on any atom is 0.311 e. The van der Waals surface area contributed by atoms with Crippen molar-refractivity contribution in [2.75, 3.05) is 14.2 Å². The Morgan fingerprint density at radius 1 is 1.28 bits per heavy atom. The second-order valence-corrected chi connectivity index (χ2v) is 6.47. The van der Waals surface area contributed by atoms with Crippen molar-refractivity contribution in [3.8, 4) is 11.5 Å². The van der Waals surface area contributed by atoms with E-state index in [4.69, 9.17) is 21.7 Å². The van der Waals surface area contributed by atoms with Gasteiger partial charge in [0.25, 0.3) is 5.91 Å². The number of nitrogens with one attached hydrogen (secondary N) is 1. The van der Waals surface area contributed by atoms with Crippen molar-refractivity contribution in [2.24, 2.45) is 0 Å². The number of carbonyl (C=O) groups is 1. The maximum absolute atomic E-state index is 13.5. The van der Waals surface area contributed by atoms with Crippen LogP contribution in [0.4, 0.5) is 10.1 Å². The van der Waals surface area contributed by atoms with Crippen molar-refractivity contribution in [3.63, 3.8) is 0 Å². The number of nitrogens with zero attached hydrogens (tertiary/aromatic N) is 2. The van der Waals surface area contributed by atoms with E-state index in [9.17, 15) is 19.3 Å². The molecule has 0 bridgehead atoms. The van der Waals surface area contributed by atoms with Gasteiger partial charge in [0.2, 0.25) is 0 Å². The molecule has 2 aromatic carbocycles. The monoisotopic (exact) mass is 417 g/mol. The second-order valence-electron chi connectivity index (χ2n) is 6.08. The van der Waals surface area contributed by atoms with Crippen LogP contribution >= 0.6 is 12.2 Å². The molecule has 1 aliphatic heterocycles.